The number of methoxy groups -OCH3 is 1. The average molecular weight is 412 g/mol. The largest absolute Gasteiger partial charge is 0.496 e. The van der Waals surface area contributed by atoms with Crippen LogP contribution in [-0.2, 0) is 6.54 Å². The van der Waals surface area contributed by atoms with Crippen molar-refractivity contribution in [2.45, 2.75) is 33.2 Å². The van der Waals surface area contributed by atoms with E-state index in [1.165, 1.54) is 6.92 Å². The lowest BCUT2D eigenvalue weighted by atomic mass is 10.1. The number of carbonyl (C=O) groups excluding carboxylic acids is 1. The molecule has 30 heavy (non-hydrogen) atoms. The van der Waals surface area contributed by atoms with Crippen LogP contribution >= 0.6 is 0 Å². The highest BCUT2D eigenvalue weighted by Gasteiger charge is 2.16. The fraction of sp³-hybridized carbons (Fsp3) is 0.350. The molecule has 3 rings (SSSR count). The van der Waals surface area contributed by atoms with Crippen LogP contribution in [-0.4, -0.2) is 50.4 Å². The number of anilines is 2. The second kappa shape index (κ2) is 9.21. The Balaban J connectivity index is 2.02. The van der Waals surface area contributed by atoms with Gasteiger partial charge in [-0.15, -0.1) is 0 Å². The van der Waals surface area contributed by atoms with Crippen molar-refractivity contribution < 1.29 is 19.4 Å². The number of aromatic nitrogens is 4. The van der Waals surface area contributed by atoms with Crippen molar-refractivity contribution in [1.82, 2.24) is 19.7 Å². The van der Waals surface area contributed by atoms with Crippen LogP contribution in [0.4, 0.5) is 16.6 Å². The van der Waals surface area contributed by atoms with Crippen molar-refractivity contribution >= 4 is 34.7 Å². The highest BCUT2D eigenvalue weighted by atomic mass is 16.5. The number of fused-ring (bicyclic) bond motifs is 1. The van der Waals surface area contributed by atoms with Crippen molar-refractivity contribution in [3.63, 3.8) is 0 Å². The molecule has 0 aliphatic rings. The summed E-state index contributed by atoms with van der Waals surface area (Å²) in [5, 5.41) is 18.8. The zero-order valence-corrected chi connectivity index (χ0v) is 17.1. The summed E-state index contributed by atoms with van der Waals surface area (Å²) in [6.07, 6.45) is 2.25. The van der Waals surface area contributed by atoms with E-state index in [4.69, 9.17) is 9.84 Å². The molecule has 0 atom stereocenters. The van der Waals surface area contributed by atoms with Gasteiger partial charge in [0, 0.05) is 17.7 Å². The summed E-state index contributed by atoms with van der Waals surface area (Å²) in [5.74, 6) is 1.02. The quantitative estimate of drug-likeness (QED) is 0.360. The number of hydrogen-bond acceptors (Lipinski definition) is 7. The van der Waals surface area contributed by atoms with Gasteiger partial charge >= 0.3 is 6.09 Å². The lowest BCUT2D eigenvalue weighted by Crippen LogP contribution is -2.14. The molecule has 0 radical (unpaired) electrons. The third-order valence-corrected chi connectivity index (χ3v) is 4.54. The molecule has 3 aromatic rings. The highest BCUT2D eigenvalue weighted by Crippen LogP contribution is 2.26. The monoisotopic (exact) mass is 412 g/mol. The van der Waals surface area contributed by atoms with Crippen LogP contribution in [0.15, 0.2) is 24.4 Å². The van der Waals surface area contributed by atoms with E-state index in [0.29, 0.717) is 41.3 Å². The van der Waals surface area contributed by atoms with Gasteiger partial charge in [-0.05, 0) is 19.4 Å². The zero-order valence-electron chi connectivity index (χ0n) is 17.1. The van der Waals surface area contributed by atoms with Crippen molar-refractivity contribution in [2.24, 2.45) is 0 Å². The number of nitrogens with zero attached hydrogens (tertiary/aromatic N) is 4. The van der Waals surface area contributed by atoms with Crippen LogP contribution in [0, 0.1) is 0 Å². The Bertz CT molecular complexity index is 1080. The van der Waals surface area contributed by atoms with Gasteiger partial charge in [0.1, 0.15) is 16.8 Å². The molecule has 3 N–H and O–H groups in total. The van der Waals surface area contributed by atoms with Crippen LogP contribution in [0.25, 0.3) is 11.0 Å². The molecule has 0 saturated heterocycles. The van der Waals surface area contributed by atoms with Crippen LogP contribution in [0.1, 0.15) is 42.6 Å². The maximum absolute atomic E-state index is 11.6. The first-order valence-corrected chi connectivity index (χ1v) is 9.58. The molecule has 158 valence electrons. The van der Waals surface area contributed by atoms with Crippen molar-refractivity contribution in [3.05, 3.63) is 35.5 Å². The summed E-state index contributed by atoms with van der Waals surface area (Å²) in [7, 11) is 1.55. The number of carbonyl (C=O) groups is 2. The average Bonchev–Trinajstić information content (AvgIpc) is 3.10. The first kappa shape index (κ1) is 21.0. The van der Waals surface area contributed by atoms with Crippen molar-refractivity contribution in [1.29, 1.82) is 0 Å². The Morgan fingerprint density at radius 1 is 1.27 bits per heavy atom. The summed E-state index contributed by atoms with van der Waals surface area (Å²) in [6.45, 7) is 4.62. The molecule has 0 unspecified atom stereocenters. The molecular weight excluding hydrogens is 388 g/mol. The molecular formula is C20H24N6O4. The van der Waals surface area contributed by atoms with E-state index in [9.17, 15) is 9.59 Å². The van der Waals surface area contributed by atoms with E-state index in [0.717, 1.165) is 18.4 Å². The van der Waals surface area contributed by atoms with E-state index in [-0.39, 0.29) is 11.7 Å². The minimum absolute atomic E-state index is 0.0167. The number of carboxylic acid groups (broad SMARTS) is 1. The number of benzene rings is 1. The van der Waals surface area contributed by atoms with Crippen LogP contribution in [0.5, 0.6) is 5.75 Å². The molecule has 2 heterocycles. The standard InChI is InChI=1S/C20H24N6O4/c1-4-5-8-21-18-17-15(23-19(24-18)25-20(28)29)10-22-26(17)11-14-7-6-13(12(2)27)9-16(14)30-3/h6-7,9-10H,4-5,8,11H2,1-3H3,(H,28,29)(H2,21,23,24,25). The second-order valence-electron chi connectivity index (χ2n) is 6.73. The minimum Gasteiger partial charge on any atom is -0.496 e. The van der Waals surface area contributed by atoms with E-state index in [2.05, 4.69) is 32.6 Å². The number of hydrogen-bond donors (Lipinski definition) is 3. The molecule has 0 bridgehead atoms. The van der Waals surface area contributed by atoms with Gasteiger partial charge in [-0.3, -0.25) is 14.8 Å². The number of amides is 1. The summed E-state index contributed by atoms with van der Waals surface area (Å²) in [5.41, 5.74) is 2.56. The molecule has 10 nitrogen and oxygen atoms in total. The van der Waals surface area contributed by atoms with Gasteiger partial charge in [-0.25, -0.2) is 9.78 Å². The topological polar surface area (TPSA) is 131 Å². The SMILES string of the molecule is CCCCNc1nc(NC(=O)O)nc2cnn(Cc3ccc(C(C)=O)cc3OC)c12. The molecule has 0 spiro atoms. The Hall–Kier alpha value is -3.69. The van der Waals surface area contributed by atoms with Gasteiger partial charge in [-0.2, -0.15) is 10.1 Å². The number of rotatable bonds is 9. The maximum Gasteiger partial charge on any atom is 0.411 e. The third-order valence-electron chi connectivity index (χ3n) is 4.54. The summed E-state index contributed by atoms with van der Waals surface area (Å²) in [6, 6.07) is 5.28. The van der Waals surface area contributed by atoms with E-state index in [1.807, 2.05) is 6.07 Å². The van der Waals surface area contributed by atoms with Gasteiger partial charge in [0.15, 0.2) is 11.6 Å². The number of nitrogens with one attached hydrogen (secondary N) is 2. The summed E-state index contributed by atoms with van der Waals surface area (Å²) < 4.78 is 7.18. The molecule has 0 aliphatic heterocycles. The highest BCUT2D eigenvalue weighted by molar-refractivity contribution is 5.94. The lowest BCUT2D eigenvalue weighted by molar-refractivity contribution is 0.101. The summed E-state index contributed by atoms with van der Waals surface area (Å²) in [4.78, 5) is 31.2. The van der Waals surface area contributed by atoms with Crippen LogP contribution in [0.2, 0.25) is 0 Å². The van der Waals surface area contributed by atoms with Gasteiger partial charge in [0.2, 0.25) is 5.95 Å². The smallest absolute Gasteiger partial charge is 0.411 e. The number of Topliss-reactive ketones (excluding diaryl/α,β-unsaturated/α-hetero) is 1. The second-order valence-corrected chi connectivity index (χ2v) is 6.73. The molecule has 1 amide bonds. The Morgan fingerprint density at radius 3 is 2.73 bits per heavy atom. The third kappa shape index (κ3) is 4.65. The Kier molecular flexibility index (Phi) is 6.45. The number of unbranched alkanes of at least 4 members (excludes halogenated alkanes) is 1. The molecule has 1 aromatic carbocycles. The maximum atomic E-state index is 11.6. The first-order chi connectivity index (χ1) is 14.4. The van der Waals surface area contributed by atoms with Crippen molar-refractivity contribution in [3.8, 4) is 5.75 Å². The van der Waals surface area contributed by atoms with E-state index < -0.39 is 6.09 Å². The zero-order chi connectivity index (χ0) is 21.7. The predicted octanol–water partition coefficient (Wildman–Crippen LogP) is 3.39. The fourth-order valence-electron chi connectivity index (χ4n) is 3.03. The molecule has 0 fully saturated rings. The molecule has 2 aromatic heterocycles. The van der Waals surface area contributed by atoms with Gasteiger partial charge in [0.05, 0.1) is 19.9 Å². The Morgan fingerprint density at radius 2 is 2.07 bits per heavy atom. The molecule has 10 heteroatoms. The molecule has 0 saturated carbocycles. The normalized spacial score (nSPS) is 10.8. The first-order valence-electron chi connectivity index (χ1n) is 9.58. The number of ketones is 1. The number of ether oxygens (including phenoxy) is 1. The summed E-state index contributed by atoms with van der Waals surface area (Å²) >= 11 is 0. The van der Waals surface area contributed by atoms with Gasteiger partial charge in [-0.1, -0.05) is 25.5 Å². The van der Waals surface area contributed by atoms with Crippen LogP contribution in [0.3, 0.4) is 0 Å². The predicted molar refractivity (Wildman–Crippen MR) is 112 cm³/mol. The van der Waals surface area contributed by atoms with Gasteiger partial charge < -0.3 is 15.2 Å². The minimum atomic E-state index is -1.24. The lowest BCUT2D eigenvalue weighted by Gasteiger charge is -2.13. The van der Waals surface area contributed by atoms with Crippen molar-refractivity contribution in [2.75, 3.05) is 24.3 Å². The van der Waals surface area contributed by atoms with Crippen LogP contribution < -0.4 is 15.4 Å². The molecule has 0 aliphatic carbocycles. The Labute approximate surface area is 173 Å². The van der Waals surface area contributed by atoms with E-state index in [1.54, 1.807) is 30.1 Å². The fourth-order valence-corrected chi connectivity index (χ4v) is 3.03. The van der Waals surface area contributed by atoms with Gasteiger partial charge in [0.25, 0.3) is 0 Å². The van der Waals surface area contributed by atoms with E-state index >= 15 is 0 Å².